The van der Waals surface area contributed by atoms with Crippen LogP contribution in [-0.4, -0.2) is 12.8 Å². The number of hydrogen-bond acceptors (Lipinski definition) is 2. The van der Waals surface area contributed by atoms with E-state index in [9.17, 15) is 0 Å². The molecule has 0 aromatic heterocycles. The molecule has 0 aromatic carbocycles. The van der Waals surface area contributed by atoms with Crippen molar-refractivity contribution in [2.24, 2.45) is 11.7 Å². The number of hydroxylamine groups is 1. The van der Waals surface area contributed by atoms with Gasteiger partial charge in [-0.15, -0.1) is 0 Å². The van der Waals surface area contributed by atoms with Gasteiger partial charge in [0.25, 0.3) is 0 Å². The van der Waals surface area contributed by atoms with Crippen LogP contribution in [0.4, 0.5) is 0 Å². The van der Waals surface area contributed by atoms with Crippen molar-refractivity contribution in [3.05, 3.63) is 5.48 Å². The van der Waals surface area contributed by atoms with Gasteiger partial charge in [0, 0.05) is 6.61 Å². The van der Waals surface area contributed by atoms with E-state index < -0.39 is 0 Å². The molecule has 2 N–H and O–H groups in total. The van der Waals surface area contributed by atoms with Crippen LogP contribution in [-0.2, 0) is 4.84 Å². The summed E-state index contributed by atoms with van der Waals surface area (Å²) in [6.07, 6.45) is 0.806. The Kier molecular flexibility index (Phi) is 13.1. The summed E-state index contributed by atoms with van der Waals surface area (Å²) >= 11 is 0. The van der Waals surface area contributed by atoms with E-state index in [0.717, 1.165) is 6.42 Å². The van der Waals surface area contributed by atoms with Crippen molar-refractivity contribution in [2.45, 2.75) is 33.4 Å². The molecular formula is C7H17KN2O. The topological polar surface area (TPSA) is 49.4 Å². The van der Waals surface area contributed by atoms with Gasteiger partial charge in [-0.1, -0.05) is 26.9 Å². The Labute approximate surface area is 112 Å². The van der Waals surface area contributed by atoms with Gasteiger partial charge in [0.2, 0.25) is 0 Å². The third-order valence-electron chi connectivity index (χ3n) is 1.17. The van der Waals surface area contributed by atoms with E-state index in [1.165, 1.54) is 0 Å². The Morgan fingerprint density at radius 2 is 2.00 bits per heavy atom. The van der Waals surface area contributed by atoms with Gasteiger partial charge in [0.1, 0.15) is 0 Å². The zero-order valence-electron chi connectivity index (χ0n) is 8.00. The molecule has 3 nitrogen and oxygen atoms in total. The second-order valence-electron chi connectivity index (χ2n) is 2.67. The third kappa shape index (κ3) is 9.43. The maximum Gasteiger partial charge on any atom is 1.00 e. The summed E-state index contributed by atoms with van der Waals surface area (Å²) in [5.74, 6) is 0.358. The van der Waals surface area contributed by atoms with Gasteiger partial charge in [-0.05, 0) is 12.3 Å². The average Bonchev–Trinajstić information content (AvgIpc) is 1.88. The van der Waals surface area contributed by atoms with Crippen LogP contribution >= 0.6 is 0 Å². The fourth-order valence-corrected chi connectivity index (χ4v) is 0.352. The van der Waals surface area contributed by atoms with E-state index in [1.54, 1.807) is 0 Å². The maximum atomic E-state index is 5.57. The van der Waals surface area contributed by atoms with Crippen LogP contribution < -0.4 is 57.1 Å². The number of rotatable bonds is 5. The number of hydrogen-bond donors (Lipinski definition) is 1. The maximum absolute atomic E-state index is 5.57. The smallest absolute Gasteiger partial charge is 0.519 e. The van der Waals surface area contributed by atoms with Crippen LogP contribution in [0.5, 0.6) is 0 Å². The van der Waals surface area contributed by atoms with Gasteiger partial charge in [-0.25, -0.2) is 0 Å². The summed E-state index contributed by atoms with van der Waals surface area (Å²) in [6, 6.07) is 0. The Hall–Kier alpha value is 1.52. The molecule has 0 fully saturated rings. The van der Waals surface area contributed by atoms with Gasteiger partial charge in [0.15, 0.2) is 0 Å². The van der Waals surface area contributed by atoms with Gasteiger partial charge in [-0.2, -0.15) is 0 Å². The molecule has 11 heavy (non-hydrogen) atoms. The predicted octanol–water partition coefficient (Wildman–Crippen LogP) is -1.35. The Morgan fingerprint density at radius 1 is 1.45 bits per heavy atom. The van der Waals surface area contributed by atoms with Crippen LogP contribution in [0.3, 0.4) is 0 Å². The normalized spacial score (nSPS) is 12.8. The SMILES string of the molecule is CCCO[N-]C(N)C(C)C.[K+]. The summed E-state index contributed by atoms with van der Waals surface area (Å²) < 4.78 is 0. The van der Waals surface area contributed by atoms with E-state index in [1.807, 2.05) is 20.8 Å². The standard InChI is InChI=1S/C7H17N2O.K/c1-4-5-10-9-7(8)6(2)3;/h6-7H,4-5,8H2,1-3H3;/q-1;+1. The first-order valence-electron chi connectivity index (χ1n) is 3.76. The minimum atomic E-state index is -0.174. The molecule has 62 valence electrons. The molecule has 0 amide bonds. The van der Waals surface area contributed by atoms with Gasteiger partial charge in [0.05, 0.1) is 0 Å². The molecule has 0 spiro atoms. The Morgan fingerprint density at radius 3 is 2.36 bits per heavy atom. The van der Waals surface area contributed by atoms with Crippen molar-refractivity contribution in [3.63, 3.8) is 0 Å². The zero-order valence-corrected chi connectivity index (χ0v) is 11.1. The third-order valence-corrected chi connectivity index (χ3v) is 1.17. The van der Waals surface area contributed by atoms with Crippen molar-refractivity contribution >= 4 is 0 Å². The molecule has 0 rings (SSSR count). The number of nitrogens with two attached hydrogens (primary N) is 1. The molecule has 1 unspecified atom stereocenters. The van der Waals surface area contributed by atoms with Crippen molar-refractivity contribution in [1.82, 2.24) is 0 Å². The molecule has 0 aliphatic rings. The molecule has 0 saturated heterocycles. The Bertz CT molecular complexity index is 80.8. The molecule has 4 heteroatoms. The fourth-order valence-electron chi connectivity index (χ4n) is 0.352. The van der Waals surface area contributed by atoms with E-state index in [-0.39, 0.29) is 57.6 Å². The minimum Gasteiger partial charge on any atom is -0.519 e. The summed E-state index contributed by atoms with van der Waals surface area (Å²) in [7, 11) is 0. The van der Waals surface area contributed by atoms with E-state index >= 15 is 0 Å². The fraction of sp³-hybridized carbons (Fsp3) is 1.00. The molecule has 0 aromatic rings. The van der Waals surface area contributed by atoms with Crippen LogP contribution in [0.25, 0.3) is 5.48 Å². The first-order valence-corrected chi connectivity index (χ1v) is 3.76. The number of nitrogens with zero attached hydrogens (tertiary/aromatic N) is 1. The van der Waals surface area contributed by atoms with Gasteiger partial charge in [-0.3, -0.25) is 0 Å². The first-order chi connectivity index (χ1) is 4.68. The Balaban J connectivity index is 0. The molecule has 0 heterocycles. The molecule has 0 aliphatic carbocycles. The predicted molar refractivity (Wildman–Crippen MR) is 42.4 cm³/mol. The van der Waals surface area contributed by atoms with Gasteiger partial charge >= 0.3 is 51.4 Å². The monoisotopic (exact) mass is 184 g/mol. The summed E-state index contributed by atoms with van der Waals surface area (Å²) in [5.41, 5.74) is 9.36. The molecule has 1 atom stereocenters. The van der Waals surface area contributed by atoms with E-state index in [4.69, 9.17) is 10.6 Å². The van der Waals surface area contributed by atoms with E-state index in [0.29, 0.717) is 12.5 Å². The van der Waals surface area contributed by atoms with Crippen LogP contribution in [0.2, 0.25) is 0 Å². The van der Waals surface area contributed by atoms with Crippen LogP contribution in [0.1, 0.15) is 27.2 Å². The second-order valence-corrected chi connectivity index (χ2v) is 2.67. The van der Waals surface area contributed by atoms with Crippen LogP contribution in [0.15, 0.2) is 0 Å². The van der Waals surface area contributed by atoms with Gasteiger partial charge < -0.3 is 16.1 Å². The van der Waals surface area contributed by atoms with Crippen LogP contribution in [0, 0.1) is 5.92 Å². The van der Waals surface area contributed by atoms with Crippen molar-refractivity contribution in [2.75, 3.05) is 6.61 Å². The van der Waals surface area contributed by atoms with E-state index in [2.05, 4.69) is 5.48 Å². The average molecular weight is 184 g/mol. The molecule has 0 saturated carbocycles. The molecule has 0 aliphatic heterocycles. The van der Waals surface area contributed by atoms with Crippen molar-refractivity contribution in [1.29, 1.82) is 0 Å². The molecule has 0 radical (unpaired) electrons. The van der Waals surface area contributed by atoms with Crippen molar-refractivity contribution < 1.29 is 56.2 Å². The summed E-state index contributed by atoms with van der Waals surface area (Å²) in [4.78, 5) is 4.91. The first kappa shape index (κ1) is 15.0. The second kappa shape index (κ2) is 9.60. The quantitative estimate of drug-likeness (QED) is 0.326. The molecule has 0 bridgehead atoms. The van der Waals surface area contributed by atoms with Crippen molar-refractivity contribution in [3.8, 4) is 0 Å². The zero-order chi connectivity index (χ0) is 7.98. The largest absolute Gasteiger partial charge is 1.00 e. The minimum absolute atomic E-state index is 0. The molecular weight excluding hydrogens is 167 g/mol. The summed E-state index contributed by atoms with van der Waals surface area (Å²) in [6.45, 7) is 6.74. The summed E-state index contributed by atoms with van der Waals surface area (Å²) in [5, 5.41) is 0.